The Balaban J connectivity index is 3.08. The summed E-state index contributed by atoms with van der Waals surface area (Å²) in [5, 5.41) is 0. The van der Waals surface area contributed by atoms with Gasteiger partial charge in [0.2, 0.25) is 0 Å². The van der Waals surface area contributed by atoms with Gasteiger partial charge in [-0.2, -0.15) is 0 Å². The summed E-state index contributed by atoms with van der Waals surface area (Å²) >= 11 is 0. The van der Waals surface area contributed by atoms with Crippen molar-refractivity contribution in [2.45, 2.75) is 174 Å². The standard InChI is InChI=1S/C31H60/c1-3-5-7-9-11-13-15-17-19-21-23-25-27-29-31-30-28-26-24-22-20-18-16-14-12-10-8-6-4-2/h11,13,17,19H,3-10,12,14-16,18,20-31H2,1-2H3/b13-11+,19-17+. The summed E-state index contributed by atoms with van der Waals surface area (Å²) < 4.78 is 0. The monoisotopic (exact) mass is 432 g/mol. The van der Waals surface area contributed by atoms with Gasteiger partial charge in [0.1, 0.15) is 0 Å². The molecule has 184 valence electrons. The molecule has 0 heterocycles. The average molecular weight is 433 g/mol. The number of hydrogen-bond donors (Lipinski definition) is 0. The first-order valence-electron chi connectivity index (χ1n) is 14.7. The number of rotatable bonds is 26. The van der Waals surface area contributed by atoms with E-state index in [0.717, 1.165) is 6.42 Å². The maximum absolute atomic E-state index is 2.39. The Morgan fingerprint density at radius 2 is 0.548 bits per heavy atom. The largest absolute Gasteiger partial charge is 0.0882 e. The molecule has 0 atom stereocenters. The first kappa shape index (κ1) is 30.5. The minimum atomic E-state index is 1.13. The van der Waals surface area contributed by atoms with E-state index < -0.39 is 0 Å². The Hall–Kier alpha value is -0.520. The van der Waals surface area contributed by atoms with E-state index in [1.54, 1.807) is 0 Å². The van der Waals surface area contributed by atoms with Crippen molar-refractivity contribution in [1.29, 1.82) is 0 Å². The summed E-state index contributed by atoms with van der Waals surface area (Å²) in [5.41, 5.74) is 0. The quantitative estimate of drug-likeness (QED) is 0.0941. The van der Waals surface area contributed by atoms with Gasteiger partial charge >= 0.3 is 0 Å². The fraction of sp³-hybridized carbons (Fsp3) is 0.871. The van der Waals surface area contributed by atoms with E-state index in [1.165, 1.54) is 154 Å². The van der Waals surface area contributed by atoms with Crippen LogP contribution in [0.2, 0.25) is 0 Å². The molecule has 0 heteroatoms. The molecule has 0 radical (unpaired) electrons. The normalized spacial score (nSPS) is 11.9. The number of allylic oxidation sites excluding steroid dienone is 4. The lowest BCUT2D eigenvalue weighted by Gasteiger charge is -2.03. The van der Waals surface area contributed by atoms with E-state index in [0.29, 0.717) is 0 Å². The highest BCUT2D eigenvalue weighted by molar-refractivity contribution is 4.92. The highest BCUT2D eigenvalue weighted by atomic mass is 14.0. The van der Waals surface area contributed by atoms with Crippen molar-refractivity contribution in [2.24, 2.45) is 0 Å². The topological polar surface area (TPSA) is 0 Å². The zero-order valence-corrected chi connectivity index (χ0v) is 22.0. The first-order chi connectivity index (χ1) is 15.4. The number of hydrogen-bond acceptors (Lipinski definition) is 0. The molecule has 0 rings (SSSR count). The van der Waals surface area contributed by atoms with Gasteiger partial charge in [0.25, 0.3) is 0 Å². The predicted molar refractivity (Wildman–Crippen MR) is 145 cm³/mol. The third-order valence-electron chi connectivity index (χ3n) is 6.55. The Labute approximate surface area is 198 Å². The summed E-state index contributed by atoms with van der Waals surface area (Å²) in [4.78, 5) is 0. The van der Waals surface area contributed by atoms with Crippen molar-refractivity contribution in [3.05, 3.63) is 24.3 Å². The molecule has 0 aliphatic heterocycles. The molecular weight excluding hydrogens is 372 g/mol. The fourth-order valence-corrected chi connectivity index (χ4v) is 4.36. The Morgan fingerprint density at radius 3 is 0.903 bits per heavy atom. The SMILES string of the molecule is CCCCC/C=C/C/C=C/CCCCCCCCCCCCCCCCCCCCC. The molecule has 0 N–H and O–H groups in total. The van der Waals surface area contributed by atoms with Crippen LogP contribution < -0.4 is 0 Å². The summed E-state index contributed by atoms with van der Waals surface area (Å²) in [6.07, 6.45) is 44.9. The summed E-state index contributed by atoms with van der Waals surface area (Å²) in [6, 6.07) is 0. The Kier molecular flexibility index (Phi) is 29.0. The van der Waals surface area contributed by atoms with Crippen LogP contribution in [0.1, 0.15) is 174 Å². The number of unbranched alkanes of at least 4 members (excludes halogenated alkanes) is 22. The molecule has 0 saturated carbocycles. The van der Waals surface area contributed by atoms with Crippen molar-refractivity contribution in [3.63, 3.8) is 0 Å². The second-order valence-corrected chi connectivity index (χ2v) is 9.83. The molecule has 0 aromatic carbocycles. The lowest BCUT2D eigenvalue weighted by Crippen LogP contribution is -1.84. The van der Waals surface area contributed by atoms with Gasteiger partial charge in [0.05, 0.1) is 0 Å². The van der Waals surface area contributed by atoms with Gasteiger partial charge in [0.15, 0.2) is 0 Å². The first-order valence-corrected chi connectivity index (χ1v) is 14.7. The van der Waals surface area contributed by atoms with E-state index in [2.05, 4.69) is 38.2 Å². The van der Waals surface area contributed by atoms with E-state index >= 15 is 0 Å². The van der Waals surface area contributed by atoms with Gasteiger partial charge in [-0.05, 0) is 32.1 Å². The van der Waals surface area contributed by atoms with Crippen LogP contribution in [0, 0.1) is 0 Å². The summed E-state index contributed by atoms with van der Waals surface area (Å²) in [7, 11) is 0. The summed E-state index contributed by atoms with van der Waals surface area (Å²) in [6.45, 7) is 4.57. The Bertz CT molecular complexity index is 351. The van der Waals surface area contributed by atoms with Gasteiger partial charge in [-0.15, -0.1) is 0 Å². The molecule has 0 nitrogen and oxygen atoms in total. The van der Waals surface area contributed by atoms with Crippen LogP contribution in [0.15, 0.2) is 24.3 Å². The van der Waals surface area contributed by atoms with Crippen LogP contribution in [0.3, 0.4) is 0 Å². The smallest absolute Gasteiger partial charge is 0.0169 e. The molecule has 0 bridgehead atoms. The fourth-order valence-electron chi connectivity index (χ4n) is 4.36. The highest BCUT2D eigenvalue weighted by Gasteiger charge is 1.95. The van der Waals surface area contributed by atoms with Gasteiger partial charge in [0, 0.05) is 0 Å². The van der Waals surface area contributed by atoms with Gasteiger partial charge in [-0.25, -0.2) is 0 Å². The zero-order valence-electron chi connectivity index (χ0n) is 22.0. The molecule has 0 fully saturated rings. The van der Waals surface area contributed by atoms with Crippen molar-refractivity contribution < 1.29 is 0 Å². The molecule has 0 saturated heterocycles. The maximum atomic E-state index is 2.39. The van der Waals surface area contributed by atoms with Crippen LogP contribution >= 0.6 is 0 Å². The van der Waals surface area contributed by atoms with E-state index in [9.17, 15) is 0 Å². The molecule has 31 heavy (non-hydrogen) atoms. The minimum absolute atomic E-state index is 1.13. The van der Waals surface area contributed by atoms with Crippen LogP contribution in [0.5, 0.6) is 0 Å². The third-order valence-corrected chi connectivity index (χ3v) is 6.55. The van der Waals surface area contributed by atoms with Gasteiger partial charge < -0.3 is 0 Å². The molecule has 0 aliphatic rings. The third kappa shape index (κ3) is 29.5. The molecule has 0 aliphatic carbocycles. The second-order valence-electron chi connectivity index (χ2n) is 9.83. The second kappa shape index (κ2) is 29.5. The molecule has 0 aromatic heterocycles. The Morgan fingerprint density at radius 1 is 0.290 bits per heavy atom. The van der Waals surface area contributed by atoms with Crippen molar-refractivity contribution in [2.75, 3.05) is 0 Å². The van der Waals surface area contributed by atoms with Crippen LogP contribution in [0.25, 0.3) is 0 Å². The van der Waals surface area contributed by atoms with Gasteiger partial charge in [-0.3, -0.25) is 0 Å². The van der Waals surface area contributed by atoms with Crippen LogP contribution in [-0.2, 0) is 0 Å². The van der Waals surface area contributed by atoms with Crippen LogP contribution in [0.4, 0.5) is 0 Å². The maximum Gasteiger partial charge on any atom is -0.0169 e. The zero-order chi connectivity index (χ0) is 22.5. The van der Waals surface area contributed by atoms with E-state index in [4.69, 9.17) is 0 Å². The van der Waals surface area contributed by atoms with Crippen molar-refractivity contribution in [1.82, 2.24) is 0 Å². The van der Waals surface area contributed by atoms with E-state index in [1.807, 2.05) is 0 Å². The minimum Gasteiger partial charge on any atom is -0.0882 e. The summed E-state index contributed by atoms with van der Waals surface area (Å²) in [5.74, 6) is 0. The predicted octanol–water partition coefficient (Wildman–Crippen LogP) is 11.9. The lowest BCUT2D eigenvalue weighted by atomic mass is 10.0. The van der Waals surface area contributed by atoms with Gasteiger partial charge in [-0.1, -0.05) is 167 Å². The average Bonchev–Trinajstić information content (AvgIpc) is 2.78. The van der Waals surface area contributed by atoms with Crippen molar-refractivity contribution >= 4 is 0 Å². The van der Waals surface area contributed by atoms with Crippen LogP contribution in [-0.4, -0.2) is 0 Å². The van der Waals surface area contributed by atoms with Crippen molar-refractivity contribution in [3.8, 4) is 0 Å². The lowest BCUT2D eigenvalue weighted by molar-refractivity contribution is 0.523. The molecule has 0 amide bonds. The molecule has 0 spiro atoms. The highest BCUT2D eigenvalue weighted by Crippen LogP contribution is 2.15. The molecule has 0 unspecified atom stereocenters. The molecular formula is C31H60. The molecule has 0 aromatic rings. The van der Waals surface area contributed by atoms with E-state index in [-0.39, 0.29) is 0 Å².